The summed E-state index contributed by atoms with van der Waals surface area (Å²) in [4.78, 5) is 28.0. The summed E-state index contributed by atoms with van der Waals surface area (Å²) in [5.74, 6) is -0.441. The quantitative estimate of drug-likeness (QED) is 0.635. The Morgan fingerprint density at radius 3 is 1.69 bits per heavy atom. The third-order valence-corrected chi connectivity index (χ3v) is 4.99. The van der Waals surface area contributed by atoms with Crippen LogP contribution in [0.15, 0.2) is 48.5 Å². The first-order valence-electron chi connectivity index (χ1n) is 9.65. The maximum absolute atomic E-state index is 12.7. The molecule has 1 N–H and O–H groups in total. The number of benzene rings is 2. The van der Waals surface area contributed by atoms with Gasteiger partial charge in [-0.2, -0.15) is 26.3 Å². The number of alkyl halides is 6. The summed E-state index contributed by atoms with van der Waals surface area (Å²) in [6, 6.07) is 7.43. The summed E-state index contributed by atoms with van der Waals surface area (Å²) in [5, 5.41) is 2.52. The molecule has 3 rings (SSSR count). The zero-order chi connectivity index (χ0) is 23.5. The number of hydrogen-bond acceptors (Lipinski definition) is 2. The summed E-state index contributed by atoms with van der Waals surface area (Å²) in [6.45, 7) is 0.951. The fourth-order valence-corrected chi connectivity index (χ4v) is 3.25. The molecule has 5 nitrogen and oxygen atoms in total. The van der Waals surface area contributed by atoms with Gasteiger partial charge in [0.1, 0.15) is 0 Å². The van der Waals surface area contributed by atoms with Crippen LogP contribution in [0.3, 0.4) is 0 Å². The lowest BCUT2D eigenvalue weighted by Crippen LogP contribution is -2.39. The van der Waals surface area contributed by atoms with Crippen molar-refractivity contribution in [2.45, 2.75) is 18.8 Å². The van der Waals surface area contributed by atoms with Gasteiger partial charge in [-0.25, -0.2) is 4.79 Å². The molecule has 32 heavy (non-hydrogen) atoms. The normalized spacial score (nSPS) is 15.3. The molecule has 1 fully saturated rings. The molecule has 1 saturated heterocycles. The Hall–Kier alpha value is -3.24. The number of urea groups is 1. The highest BCUT2D eigenvalue weighted by molar-refractivity contribution is 5.94. The van der Waals surface area contributed by atoms with E-state index >= 15 is 0 Å². The molecule has 172 valence electrons. The van der Waals surface area contributed by atoms with Crippen molar-refractivity contribution in [1.82, 2.24) is 9.80 Å². The minimum absolute atomic E-state index is 0.112. The Morgan fingerprint density at radius 1 is 0.688 bits per heavy atom. The number of nitrogens with zero attached hydrogens (tertiary/aromatic N) is 2. The minimum Gasteiger partial charge on any atom is -0.337 e. The number of rotatable bonds is 2. The molecule has 0 aliphatic carbocycles. The number of nitrogens with one attached hydrogen (secondary N) is 1. The molecule has 1 heterocycles. The zero-order valence-electron chi connectivity index (χ0n) is 16.6. The van der Waals surface area contributed by atoms with Crippen LogP contribution in [0.4, 0.5) is 36.8 Å². The van der Waals surface area contributed by atoms with E-state index in [0.717, 1.165) is 48.5 Å². The molecule has 2 aromatic carbocycles. The van der Waals surface area contributed by atoms with Crippen LogP contribution in [0.1, 0.15) is 27.9 Å². The van der Waals surface area contributed by atoms with Crippen molar-refractivity contribution < 1.29 is 35.9 Å². The van der Waals surface area contributed by atoms with Crippen LogP contribution in [0.25, 0.3) is 0 Å². The average molecular weight is 459 g/mol. The highest BCUT2D eigenvalue weighted by atomic mass is 19.4. The number of amides is 3. The van der Waals surface area contributed by atoms with E-state index in [-0.39, 0.29) is 24.3 Å². The third kappa shape index (κ3) is 5.71. The van der Waals surface area contributed by atoms with Gasteiger partial charge in [-0.15, -0.1) is 0 Å². The van der Waals surface area contributed by atoms with E-state index in [4.69, 9.17) is 0 Å². The predicted octanol–water partition coefficient (Wildman–Crippen LogP) is 5.10. The SMILES string of the molecule is O=C(Nc1ccc(C(F)(F)F)cc1)N1CCCN(C(=O)c2ccc(C(F)(F)F)cc2)CC1. The maximum Gasteiger partial charge on any atom is 0.416 e. The molecule has 3 amide bonds. The van der Waals surface area contributed by atoms with Crippen molar-refractivity contribution >= 4 is 17.6 Å². The van der Waals surface area contributed by atoms with Crippen molar-refractivity contribution in [3.63, 3.8) is 0 Å². The van der Waals surface area contributed by atoms with Crippen molar-refractivity contribution in [2.75, 3.05) is 31.5 Å². The van der Waals surface area contributed by atoms with Crippen LogP contribution < -0.4 is 5.32 Å². The molecule has 0 spiro atoms. The zero-order valence-corrected chi connectivity index (χ0v) is 16.6. The largest absolute Gasteiger partial charge is 0.416 e. The molecule has 0 atom stereocenters. The molecule has 0 saturated carbocycles. The van der Waals surface area contributed by atoms with Gasteiger partial charge in [0.15, 0.2) is 0 Å². The first kappa shape index (κ1) is 23.4. The van der Waals surface area contributed by atoms with Gasteiger partial charge < -0.3 is 15.1 Å². The van der Waals surface area contributed by atoms with E-state index in [9.17, 15) is 35.9 Å². The number of halogens is 6. The molecule has 0 unspecified atom stereocenters. The highest BCUT2D eigenvalue weighted by Crippen LogP contribution is 2.30. The fraction of sp³-hybridized carbons (Fsp3) is 0.333. The Bertz CT molecular complexity index is 955. The molecule has 1 aliphatic heterocycles. The molecule has 11 heteroatoms. The first-order valence-corrected chi connectivity index (χ1v) is 9.65. The van der Waals surface area contributed by atoms with Crippen LogP contribution in [-0.2, 0) is 12.4 Å². The average Bonchev–Trinajstić information content (AvgIpc) is 2.99. The van der Waals surface area contributed by atoms with Crippen molar-refractivity contribution in [1.29, 1.82) is 0 Å². The number of anilines is 1. The molecule has 2 aromatic rings. The lowest BCUT2D eigenvalue weighted by Gasteiger charge is -2.23. The lowest BCUT2D eigenvalue weighted by atomic mass is 10.1. The van der Waals surface area contributed by atoms with E-state index in [1.54, 1.807) is 0 Å². The van der Waals surface area contributed by atoms with Crippen LogP contribution >= 0.6 is 0 Å². The summed E-state index contributed by atoms with van der Waals surface area (Å²) >= 11 is 0. The maximum atomic E-state index is 12.7. The van der Waals surface area contributed by atoms with Gasteiger partial charge in [0, 0.05) is 37.4 Å². The second-order valence-corrected chi connectivity index (χ2v) is 7.21. The number of hydrogen-bond donors (Lipinski definition) is 1. The van der Waals surface area contributed by atoms with Crippen molar-refractivity contribution in [3.8, 4) is 0 Å². The first-order chi connectivity index (χ1) is 14.9. The van der Waals surface area contributed by atoms with Gasteiger partial charge in [0.05, 0.1) is 11.1 Å². The standard InChI is InChI=1S/C21H19F6N3O2/c22-20(23,24)15-4-2-14(3-5-15)18(31)29-10-1-11-30(13-12-29)19(32)28-17-8-6-16(7-9-17)21(25,26)27/h2-9H,1,10-13H2,(H,28,32). The predicted molar refractivity (Wildman–Crippen MR) is 104 cm³/mol. The van der Waals surface area contributed by atoms with Crippen LogP contribution in [0.2, 0.25) is 0 Å². The number of carbonyl (C=O) groups is 2. The topological polar surface area (TPSA) is 52.7 Å². The monoisotopic (exact) mass is 459 g/mol. The van der Waals surface area contributed by atoms with Crippen molar-refractivity contribution in [3.05, 3.63) is 65.2 Å². The second-order valence-electron chi connectivity index (χ2n) is 7.21. The van der Waals surface area contributed by atoms with Crippen LogP contribution in [0.5, 0.6) is 0 Å². The van der Waals surface area contributed by atoms with Gasteiger partial charge in [0.2, 0.25) is 0 Å². The molecule has 0 aromatic heterocycles. The second kappa shape index (κ2) is 9.09. The molecule has 0 bridgehead atoms. The Labute approximate surface area is 179 Å². The summed E-state index contributed by atoms with van der Waals surface area (Å²) < 4.78 is 76.0. The van der Waals surface area contributed by atoms with E-state index in [2.05, 4.69) is 5.32 Å². The highest BCUT2D eigenvalue weighted by Gasteiger charge is 2.31. The molecule has 0 radical (unpaired) electrons. The van der Waals surface area contributed by atoms with Gasteiger partial charge in [-0.1, -0.05) is 0 Å². The van der Waals surface area contributed by atoms with Crippen LogP contribution in [0, 0.1) is 0 Å². The fourth-order valence-electron chi connectivity index (χ4n) is 3.25. The van der Waals surface area contributed by atoms with Gasteiger partial charge in [-0.05, 0) is 55.0 Å². The van der Waals surface area contributed by atoms with E-state index in [0.29, 0.717) is 19.5 Å². The minimum atomic E-state index is -4.49. The molecular weight excluding hydrogens is 440 g/mol. The number of carbonyl (C=O) groups excluding carboxylic acids is 2. The van der Waals surface area contributed by atoms with Gasteiger partial charge in [-0.3, -0.25) is 4.79 Å². The van der Waals surface area contributed by atoms with Crippen LogP contribution in [-0.4, -0.2) is 47.9 Å². The summed E-state index contributed by atoms with van der Waals surface area (Å²) in [5.41, 5.74) is -1.37. The summed E-state index contributed by atoms with van der Waals surface area (Å²) in [6.07, 6.45) is -8.53. The van der Waals surface area contributed by atoms with Crippen molar-refractivity contribution in [2.24, 2.45) is 0 Å². The van der Waals surface area contributed by atoms with E-state index < -0.39 is 35.4 Å². The molecular formula is C21H19F6N3O2. The van der Waals surface area contributed by atoms with E-state index in [1.807, 2.05) is 0 Å². The third-order valence-electron chi connectivity index (χ3n) is 4.99. The van der Waals surface area contributed by atoms with E-state index in [1.165, 1.54) is 9.80 Å². The van der Waals surface area contributed by atoms with Gasteiger partial charge >= 0.3 is 18.4 Å². The summed E-state index contributed by atoms with van der Waals surface area (Å²) in [7, 11) is 0. The Kier molecular flexibility index (Phi) is 6.65. The molecule has 1 aliphatic rings. The lowest BCUT2D eigenvalue weighted by molar-refractivity contribution is -0.138. The van der Waals surface area contributed by atoms with Gasteiger partial charge in [0.25, 0.3) is 5.91 Å². The smallest absolute Gasteiger partial charge is 0.337 e. The Balaban J connectivity index is 1.58. The Morgan fingerprint density at radius 2 is 1.16 bits per heavy atom.